The van der Waals surface area contributed by atoms with Gasteiger partial charge in [-0.3, -0.25) is 14.9 Å². The molecule has 7 nitrogen and oxygen atoms in total. The zero-order valence-corrected chi connectivity index (χ0v) is 12.7. The molecule has 116 valence electrons. The fourth-order valence-corrected chi connectivity index (χ4v) is 2.55. The minimum Gasteiger partial charge on any atom is -0.392 e. The van der Waals surface area contributed by atoms with E-state index in [0.29, 0.717) is 6.42 Å². The maximum absolute atomic E-state index is 12.4. The molecule has 0 spiro atoms. The van der Waals surface area contributed by atoms with Gasteiger partial charge in [-0.1, -0.05) is 13.8 Å². The standard InChI is InChI=1S/C14H21N3O4/c1-8(2)16-7-9(17(20)21)5-10(16)13(19)15-11-6-12(18)14(11,3)4/h5,7-8,11-12,18H,6H2,1-4H3,(H,15,19). The lowest BCUT2D eigenvalue weighted by atomic mass is 9.64. The number of hydrogen-bond donors (Lipinski definition) is 2. The first-order valence-electron chi connectivity index (χ1n) is 6.99. The van der Waals surface area contributed by atoms with Crippen LogP contribution in [-0.4, -0.2) is 32.6 Å². The summed E-state index contributed by atoms with van der Waals surface area (Å²) in [5, 5.41) is 23.4. The summed E-state index contributed by atoms with van der Waals surface area (Å²) in [6.45, 7) is 7.49. The lowest BCUT2D eigenvalue weighted by Gasteiger charge is -2.49. The van der Waals surface area contributed by atoms with Gasteiger partial charge in [-0.05, 0) is 20.3 Å². The van der Waals surface area contributed by atoms with E-state index in [1.807, 2.05) is 27.7 Å². The van der Waals surface area contributed by atoms with Crippen LogP contribution < -0.4 is 5.32 Å². The van der Waals surface area contributed by atoms with Crippen LogP contribution in [0.2, 0.25) is 0 Å². The summed E-state index contributed by atoms with van der Waals surface area (Å²) in [6, 6.07) is 1.10. The molecule has 2 unspecified atom stereocenters. The van der Waals surface area contributed by atoms with Crippen LogP contribution in [0.25, 0.3) is 0 Å². The number of aliphatic hydroxyl groups is 1. The minimum atomic E-state index is -0.507. The average Bonchev–Trinajstić information content (AvgIpc) is 2.83. The van der Waals surface area contributed by atoms with Crippen molar-refractivity contribution < 1.29 is 14.8 Å². The Morgan fingerprint density at radius 2 is 2.19 bits per heavy atom. The number of carbonyl (C=O) groups excluding carboxylic acids is 1. The third-order valence-electron chi connectivity index (χ3n) is 4.36. The third-order valence-corrected chi connectivity index (χ3v) is 4.36. The van der Waals surface area contributed by atoms with Gasteiger partial charge in [0.15, 0.2) is 0 Å². The second kappa shape index (κ2) is 5.14. The summed E-state index contributed by atoms with van der Waals surface area (Å²) >= 11 is 0. The zero-order chi connectivity index (χ0) is 15.9. The highest BCUT2D eigenvalue weighted by Crippen LogP contribution is 2.40. The molecule has 1 aromatic heterocycles. The maximum atomic E-state index is 12.4. The Balaban J connectivity index is 2.21. The van der Waals surface area contributed by atoms with Gasteiger partial charge in [-0.2, -0.15) is 0 Å². The van der Waals surface area contributed by atoms with Gasteiger partial charge in [-0.15, -0.1) is 0 Å². The lowest BCUT2D eigenvalue weighted by molar-refractivity contribution is -0.384. The number of hydrogen-bond acceptors (Lipinski definition) is 4. The van der Waals surface area contributed by atoms with Crippen molar-refractivity contribution in [2.45, 2.75) is 52.3 Å². The number of carbonyl (C=O) groups is 1. The molecule has 0 aliphatic heterocycles. The number of nitrogens with zero attached hydrogens (tertiary/aromatic N) is 2. The van der Waals surface area contributed by atoms with Crippen LogP contribution >= 0.6 is 0 Å². The molecule has 0 saturated heterocycles. The van der Waals surface area contributed by atoms with E-state index in [9.17, 15) is 20.0 Å². The summed E-state index contributed by atoms with van der Waals surface area (Å²) in [7, 11) is 0. The van der Waals surface area contributed by atoms with Crippen molar-refractivity contribution in [3.05, 3.63) is 28.1 Å². The van der Waals surface area contributed by atoms with Crippen molar-refractivity contribution in [3.8, 4) is 0 Å². The van der Waals surface area contributed by atoms with E-state index in [2.05, 4.69) is 5.32 Å². The van der Waals surface area contributed by atoms with Crippen LogP contribution in [0.15, 0.2) is 12.3 Å². The van der Waals surface area contributed by atoms with E-state index < -0.39 is 11.0 Å². The van der Waals surface area contributed by atoms with Crippen molar-refractivity contribution >= 4 is 11.6 Å². The van der Waals surface area contributed by atoms with Crippen LogP contribution in [0, 0.1) is 15.5 Å². The number of aromatic nitrogens is 1. The molecule has 1 aliphatic carbocycles. The number of nitrogens with one attached hydrogen (secondary N) is 1. The van der Waals surface area contributed by atoms with Crippen molar-refractivity contribution in [1.29, 1.82) is 0 Å². The Labute approximate surface area is 123 Å². The molecule has 0 radical (unpaired) electrons. The SMILES string of the molecule is CC(C)n1cc([N+](=O)[O-])cc1C(=O)NC1CC(O)C1(C)C. The second-order valence-corrected chi connectivity index (χ2v) is 6.44. The maximum Gasteiger partial charge on any atom is 0.287 e. The Bertz CT molecular complexity index is 577. The molecule has 1 amide bonds. The van der Waals surface area contributed by atoms with Crippen molar-refractivity contribution in [1.82, 2.24) is 9.88 Å². The Morgan fingerprint density at radius 1 is 1.57 bits per heavy atom. The molecule has 1 fully saturated rings. The molecule has 1 heterocycles. The van der Waals surface area contributed by atoms with Crippen LogP contribution in [0.5, 0.6) is 0 Å². The van der Waals surface area contributed by atoms with E-state index in [4.69, 9.17) is 0 Å². The molecular formula is C14H21N3O4. The Kier molecular flexibility index (Phi) is 3.79. The molecule has 0 aromatic carbocycles. The van der Waals surface area contributed by atoms with Crippen LogP contribution in [0.3, 0.4) is 0 Å². The van der Waals surface area contributed by atoms with E-state index in [-0.39, 0.29) is 34.8 Å². The fourth-order valence-electron chi connectivity index (χ4n) is 2.55. The van der Waals surface area contributed by atoms with Gasteiger partial charge in [0.1, 0.15) is 5.69 Å². The topological polar surface area (TPSA) is 97.4 Å². The predicted octanol–water partition coefficient (Wildman–Crippen LogP) is 1.87. The molecule has 1 aliphatic rings. The third kappa shape index (κ3) is 2.65. The zero-order valence-electron chi connectivity index (χ0n) is 12.7. The fraction of sp³-hybridized carbons (Fsp3) is 0.643. The summed E-state index contributed by atoms with van der Waals surface area (Å²) in [6.07, 6.45) is 1.44. The van der Waals surface area contributed by atoms with Gasteiger partial charge in [0.05, 0.1) is 17.2 Å². The molecule has 7 heteroatoms. The number of nitro groups is 1. The van der Waals surface area contributed by atoms with Crippen molar-refractivity contribution in [2.75, 3.05) is 0 Å². The van der Waals surface area contributed by atoms with E-state index in [0.717, 1.165) is 0 Å². The van der Waals surface area contributed by atoms with E-state index in [1.165, 1.54) is 12.3 Å². The molecule has 0 bridgehead atoms. The number of aliphatic hydroxyl groups excluding tert-OH is 1. The lowest BCUT2D eigenvalue weighted by Crippen LogP contribution is -2.61. The van der Waals surface area contributed by atoms with Gasteiger partial charge in [0.2, 0.25) is 0 Å². The minimum absolute atomic E-state index is 0.0561. The van der Waals surface area contributed by atoms with Gasteiger partial charge < -0.3 is 15.0 Å². The Morgan fingerprint density at radius 3 is 2.62 bits per heavy atom. The average molecular weight is 295 g/mol. The molecule has 1 saturated carbocycles. The van der Waals surface area contributed by atoms with Crippen molar-refractivity contribution in [3.63, 3.8) is 0 Å². The summed E-state index contributed by atoms with van der Waals surface area (Å²) in [5.41, 5.74) is -0.202. The number of amides is 1. The molecular weight excluding hydrogens is 274 g/mol. The summed E-state index contributed by atoms with van der Waals surface area (Å²) in [4.78, 5) is 22.7. The molecule has 2 rings (SSSR count). The van der Waals surface area contributed by atoms with E-state index >= 15 is 0 Å². The van der Waals surface area contributed by atoms with Gasteiger partial charge in [-0.25, -0.2) is 0 Å². The number of rotatable bonds is 4. The Hall–Kier alpha value is -1.89. The highest BCUT2D eigenvalue weighted by molar-refractivity contribution is 5.94. The normalized spacial score (nSPS) is 23.7. The molecule has 2 atom stereocenters. The van der Waals surface area contributed by atoms with E-state index in [1.54, 1.807) is 4.57 Å². The monoisotopic (exact) mass is 295 g/mol. The largest absolute Gasteiger partial charge is 0.392 e. The van der Waals surface area contributed by atoms with Gasteiger partial charge in [0, 0.05) is 23.6 Å². The molecule has 21 heavy (non-hydrogen) atoms. The van der Waals surface area contributed by atoms with Crippen molar-refractivity contribution in [2.24, 2.45) is 5.41 Å². The quantitative estimate of drug-likeness (QED) is 0.654. The first kappa shape index (κ1) is 15.5. The first-order valence-corrected chi connectivity index (χ1v) is 6.99. The smallest absolute Gasteiger partial charge is 0.287 e. The highest BCUT2D eigenvalue weighted by Gasteiger charge is 2.48. The first-order chi connectivity index (χ1) is 9.64. The molecule has 1 aromatic rings. The van der Waals surface area contributed by atoms with Crippen LogP contribution in [-0.2, 0) is 0 Å². The van der Waals surface area contributed by atoms with Crippen LogP contribution in [0.4, 0.5) is 5.69 Å². The summed E-state index contributed by atoms with van der Waals surface area (Å²) < 4.78 is 1.59. The second-order valence-electron chi connectivity index (χ2n) is 6.44. The summed E-state index contributed by atoms with van der Waals surface area (Å²) in [5.74, 6) is -0.346. The molecule has 2 N–H and O–H groups in total. The van der Waals surface area contributed by atoms with Gasteiger partial charge in [0.25, 0.3) is 11.6 Å². The van der Waals surface area contributed by atoms with Gasteiger partial charge >= 0.3 is 0 Å². The van der Waals surface area contributed by atoms with Crippen LogP contribution in [0.1, 0.15) is 50.6 Å². The predicted molar refractivity (Wildman–Crippen MR) is 77.1 cm³/mol. The highest BCUT2D eigenvalue weighted by atomic mass is 16.6.